The summed E-state index contributed by atoms with van der Waals surface area (Å²) >= 11 is 1.69. The van der Waals surface area contributed by atoms with Crippen molar-refractivity contribution in [3.63, 3.8) is 0 Å². The summed E-state index contributed by atoms with van der Waals surface area (Å²) in [5, 5.41) is 10.3. The minimum atomic E-state index is -0.0533. The first-order valence-corrected chi connectivity index (χ1v) is 6.79. The number of carbonyl (C=O) groups excluding carboxylic acids is 1. The van der Waals surface area contributed by atoms with E-state index in [9.17, 15) is 4.79 Å². The Morgan fingerprint density at radius 1 is 1.59 bits per heavy atom. The number of thiophene rings is 1. The van der Waals surface area contributed by atoms with Gasteiger partial charge in [0, 0.05) is 12.6 Å². The fourth-order valence-electron chi connectivity index (χ4n) is 1.99. The lowest BCUT2D eigenvalue weighted by atomic mass is 10.0. The van der Waals surface area contributed by atoms with E-state index < -0.39 is 0 Å². The quantitative estimate of drug-likeness (QED) is 0.811. The van der Waals surface area contributed by atoms with E-state index in [1.807, 2.05) is 7.05 Å². The maximum Gasteiger partial charge on any atom is 0.227 e. The molecule has 17 heavy (non-hydrogen) atoms. The first-order valence-electron chi connectivity index (χ1n) is 5.85. The van der Waals surface area contributed by atoms with Crippen LogP contribution in [0, 0.1) is 5.92 Å². The topological polar surface area (TPSA) is 50.4 Å². The molecule has 0 aromatic carbocycles. The zero-order valence-electron chi connectivity index (χ0n) is 9.94. The molecule has 2 heterocycles. The van der Waals surface area contributed by atoms with Gasteiger partial charge >= 0.3 is 0 Å². The summed E-state index contributed by atoms with van der Waals surface area (Å²) in [6, 6.07) is 2.24. The van der Waals surface area contributed by atoms with Crippen LogP contribution in [-0.4, -0.2) is 38.8 Å². The third-order valence-corrected chi connectivity index (χ3v) is 3.81. The lowest BCUT2D eigenvalue weighted by Gasteiger charge is -2.16. The third-order valence-electron chi connectivity index (χ3n) is 3.08. The molecule has 2 atom stereocenters. The van der Waals surface area contributed by atoms with E-state index in [0.29, 0.717) is 19.8 Å². The molecular formula is C12H18N2O2S. The fraction of sp³-hybridized carbons (Fsp3) is 0.583. The molecular weight excluding hydrogens is 236 g/mol. The summed E-state index contributed by atoms with van der Waals surface area (Å²) in [4.78, 5) is 11.9. The minimum Gasteiger partial charge on any atom is -0.379 e. The molecule has 4 nitrogen and oxygen atoms in total. The van der Waals surface area contributed by atoms with Crippen molar-refractivity contribution < 1.29 is 9.53 Å². The molecule has 1 aromatic heterocycles. The maximum atomic E-state index is 11.9. The molecule has 1 aliphatic rings. The van der Waals surface area contributed by atoms with Crippen molar-refractivity contribution in [3.05, 3.63) is 22.4 Å². The lowest BCUT2D eigenvalue weighted by Crippen LogP contribution is -2.43. The van der Waals surface area contributed by atoms with Gasteiger partial charge in [-0.3, -0.25) is 4.79 Å². The molecule has 5 heteroatoms. The molecule has 1 fully saturated rings. The molecule has 0 aliphatic carbocycles. The highest BCUT2D eigenvalue weighted by atomic mass is 32.1. The van der Waals surface area contributed by atoms with Gasteiger partial charge in [0.15, 0.2) is 0 Å². The lowest BCUT2D eigenvalue weighted by molar-refractivity contribution is -0.125. The number of ether oxygens (including phenoxy) is 1. The van der Waals surface area contributed by atoms with Crippen molar-refractivity contribution in [3.8, 4) is 0 Å². The Bertz CT molecular complexity index is 353. The van der Waals surface area contributed by atoms with Gasteiger partial charge in [0.25, 0.3) is 0 Å². The Morgan fingerprint density at radius 2 is 2.47 bits per heavy atom. The van der Waals surface area contributed by atoms with Crippen molar-refractivity contribution in [1.82, 2.24) is 10.6 Å². The molecule has 94 valence electrons. The molecule has 1 amide bonds. The Morgan fingerprint density at radius 3 is 3.18 bits per heavy atom. The van der Waals surface area contributed by atoms with E-state index in [-0.39, 0.29) is 17.9 Å². The number of nitrogens with one attached hydrogen (secondary N) is 2. The molecule has 1 aromatic rings. The number of amides is 1. The Kier molecular flexibility index (Phi) is 4.53. The molecule has 2 unspecified atom stereocenters. The summed E-state index contributed by atoms with van der Waals surface area (Å²) in [5.74, 6) is 0.0413. The van der Waals surface area contributed by atoms with Crippen LogP contribution in [0.25, 0.3) is 0 Å². The summed E-state index contributed by atoms with van der Waals surface area (Å²) in [6.45, 7) is 1.84. The van der Waals surface area contributed by atoms with Crippen LogP contribution in [0.15, 0.2) is 16.8 Å². The average Bonchev–Trinajstić information content (AvgIpc) is 2.99. The first-order chi connectivity index (χ1) is 8.31. The van der Waals surface area contributed by atoms with Gasteiger partial charge in [-0.15, -0.1) is 0 Å². The van der Waals surface area contributed by atoms with Crippen molar-refractivity contribution in [2.45, 2.75) is 12.5 Å². The Hall–Kier alpha value is -0.910. The van der Waals surface area contributed by atoms with E-state index >= 15 is 0 Å². The predicted octanol–water partition coefficient (Wildman–Crippen LogP) is 0.641. The molecule has 2 N–H and O–H groups in total. The van der Waals surface area contributed by atoms with Gasteiger partial charge < -0.3 is 15.4 Å². The minimum absolute atomic E-state index is 0.0533. The summed E-state index contributed by atoms with van der Waals surface area (Å²) in [6.07, 6.45) is 0.896. The average molecular weight is 254 g/mol. The van der Waals surface area contributed by atoms with Crippen molar-refractivity contribution >= 4 is 17.2 Å². The van der Waals surface area contributed by atoms with Crippen LogP contribution in [-0.2, 0) is 16.0 Å². The van der Waals surface area contributed by atoms with Crippen LogP contribution >= 0.6 is 11.3 Å². The highest BCUT2D eigenvalue weighted by Crippen LogP contribution is 2.13. The summed E-state index contributed by atoms with van der Waals surface area (Å²) in [7, 11) is 1.87. The normalized spacial score (nSPS) is 23.8. The maximum absolute atomic E-state index is 11.9. The second kappa shape index (κ2) is 6.14. The summed E-state index contributed by atoms with van der Waals surface area (Å²) < 4.78 is 5.31. The molecule has 1 aliphatic heterocycles. The Balaban J connectivity index is 1.73. The van der Waals surface area contributed by atoms with Gasteiger partial charge in [-0.25, -0.2) is 0 Å². The molecule has 1 saturated heterocycles. The number of likely N-dealkylation sites (N-methyl/N-ethyl adjacent to an activating group) is 1. The van der Waals surface area contributed by atoms with Crippen molar-refractivity contribution in [1.29, 1.82) is 0 Å². The van der Waals surface area contributed by atoms with Gasteiger partial charge in [0.05, 0.1) is 19.1 Å². The Labute approximate surface area is 105 Å². The van der Waals surface area contributed by atoms with E-state index in [1.54, 1.807) is 11.3 Å². The van der Waals surface area contributed by atoms with Crippen LogP contribution in [0.4, 0.5) is 0 Å². The number of rotatable bonds is 5. The van der Waals surface area contributed by atoms with Gasteiger partial charge in [-0.2, -0.15) is 11.3 Å². The van der Waals surface area contributed by atoms with Gasteiger partial charge in [0.2, 0.25) is 5.91 Å². The monoisotopic (exact) mass is 254 g/mol. The smallest absolute Gasteiger partial charge is 0.227 e. The fourth-order valence-corrected chi connectivity index (χ4v) is 2.70. The molecule has 0 saturated carbocycles. The van der Waals surface area contributed by atoms with Crippen molar-refractivity contribution in [2.24, 2.45) is 5.92 Å². The highest BCUT2D eigenvalue weighted by Gasteiger charge is 2.32. The van der Waals surface area contributed by atoms with E-state index in [0.717, 1.165) is 6.42 Å². The van der Waals surface area contributed by atoms with Gasteiger partial charge in [0.1, 0.15) is 0 Å². The van der Waals surface area contributed by atoms with E-state index in [2.05, 4.69) is 27.5 Å². The zero-order valence-corrected chi connectivity index (χ0v) is 10.8. The zero-order chi connectivity index (χ0) is 12.1. The second-order valence-electron chi connectivity index (χ2n) is 4.21. The largest absolute Gasteiger partial charge is 0.379 e. The van der Waals surface area contributed by atoms with Gasteiger partial charge in [-0.05, 0) is 35.9 Å². The molecule has 0 radical (unpaired) electrons. The van der Waals surface area contributed by atoms with Crippen LogP contribution in [0.5, 0.6) is 0 Å². The molecule has 0 bridgehead atoms. The number of hydrogen-bond donors (Lipinski definition) is 2. The third kappa shape index (κ3) is 3.28. The van der Waals surface area contributed by atoms with E-state index in [4.69, 9.17) is 4.74 Å². The molecule has 2 rings (SSSR count). The first kappa shape index (κ1) is 12.5. The van der Waals surface area contributed by atoms with Crippen LogP contribution < -0.4 is 10.6 Å². The number of carbonyl (C=O) groups is 1. The highest BCUT2D eigenvalue weighted by molar-refractivity contribution is 7.07. The molecule has 0 spiro atoms. The van der Waals surface area contributed by atoms with E-state index in [1.165, 1.54) is 5.56 Å². The standard InChI is InChI=1S/C12H18N2O2S/c1-13-11-7-16-6-10(11)12(15)14-4-2-9-3-5-17-8-9/h3,5,8,10-11,13H,2,4,6-7H2,1H3,(H,14,15). The van der Waals surface area contributed by atoms with Gasteiger partial charge in [-0.1, -0.05) is 0 Å². The van der Waals surface area contributed by atoms with Crippen LogP contribution in [0.1, 0.15) is 5.56 Å². The second-order valence-corrected chi connectivity index (χ2v) is 4.99. The summed E-state index contributed by atoms with van der Waals surface area (Å²) in [5.41, 5.74) is 1.28. The van der Waals surface area contributed by atoms with Crippen molar-refractivity contribution in [2.75, 3.05) is 26.8 Å². The predicted molar refractivity (Wildman–Crippen MR) is 68.2 cm³/mol. The number of hydrogen-bond acceptors (Lipinski definition) is 4. The van der Waals surface area contributed by atoms with Crippen LogP contribution in [0.2, 0.25) is 0 Å². The SMILES string of the molecule is CNC1COCC1C(=O)NCCc1ccsc1. The van der Waals surface area contributed by atoms with Crippen LogP contribution in [0.3, 0.4) is 0 Å².